The molecule has 3 aromatic heterocycles. The zero-order valence-electron chi connectivity index (χ0n) is 14.8. The van der Waals surface area contributed by atoms with Gasteiger partial charge in [-0.05, 0) is 29.8 Å². The maximum Gasteiger partial charge on any atom is 0.276 e. The summed E-state index contributed by atoms with van der Waals surface area (Å²) >= 11 is 0. The minimum Gasteiger partial charge on any atom is -0.461 e. The lowest BCUT2D eigenvalue weighted by Crippen LogP contribution is -2.23. The Morgan fingerprint density at radius 3 is 2.79 bits per heavy atom. The number of para-hydroxylation sites is 1. The van der Waals surface area contributed by atoms with Gasteiger partial charge in [-0.15, -0.1) is 0 Å². The molecular formula is C19H15N5O4. The maximum absolute atomic E-state index is 12.5. The first-order valence-corrected chi connectivity index (χ1v) is 8.40. The summed E-state index contributed by atoms with van der Waals surface area (Å²) in [5, 5.41) is 10.7. The molecule has 1 N–H and O–H groups in total. The Kier molecular flexibility index (Phi) is 4.55. The maximum atomic E-state index is 12.5. The molecule has 0 spiro atoms. The van der Waals surface area contributed by atoms with Gasteiger partial charge in [-0.25, -0.2) is 4.68 Å². The predicted molar refractivity (Wildman–Crippen MR) is 98.7 cm³/mol. The van der Waals surface area contributed by atoms with E-state index in [1.165, 1.54) is 25.4 Å². The lowest BCUT2D eigenvalue weighted by molar-refractivity contribution is 0.102. The molecule has 0 unspecified atom stereocenters. The van der Waals surface area contributed by atoms with E-state index in [2.05, 4.69) is 20.6 Å². The Morgan fingerprint density at radius 1 is 1.14 bits per heavy atom. The van der Waals surface area contributed by atoms with Crippen molar-refractivity contribution in [2.24, 2.45) is 7.05 Å². The van der Waals surface area contributed by atoms with E-state index in [9.17, 15) is 9.59 Å². The van der Waals surface area contributed by atoms with Crippen LogP contribution >= 0.6 is 0 Å². The standard InChI is InChI=1S/C19H15N5O4/c1-24-17(25)9-8-14(22-24)19(26)20-13-6-3-2-5-12(13)11-16-21-18(23-28-16)15-7-4-10-27-15/h2-10H,11H2,1H3,(H,20,26). The van der Waals surface area contributed by atoms with E-state index in [1.807, 2.05) is 12.1 Å². The number of anilines is 1. The second-order valence-electron chi connectivity index (χ2n) is 5.96. The van der Waals surface area contributed by atoms with Gasteiger partial charge in [0, 0.05) is 18.8 Å². The zero-order valence-corrected chi connectivity index (χ0v) is 14.8. The van der Waals surface area contributed by atoms with E-state index in [1.54, 1.807) is 24.3 Å². The van der Waals surface area contributed by atoms with Crippen molar-refractivity contribution in [3.63, 3.8) is 0 Å². The molecule has 0 radical (unpaired) electrons. The van der Waals surface area contributed by atoms with Gasteiger partial charge in [0.05, 0.1) is 12.7 Å². The summed E-state index contributed by atoms with van der Waals surface area (Å²) in [5.74, 6) is 0.825. The molecular weight excluding hydrogens is 362 g/mol. The third-order valence-corrected chi connectivity index (χ3v) is 4.01. The number of aromatic nitrogens is 4. The molecule has 1 aromatic carbocycles. The molecule has 0 aliphatic rings. The molecule has 0 aliphatic carbocycles. The van der Waals surface area contributed by atoms with E-state index in [4.69, 9.17) is 8.94 Å². The molecule has 9 heteroatoms. The second kappa shape index (κ2) is 7.31. The Hall–Kier alpha value is -4.01. The Labute approximate surface area is 158 Å². The van der Waals surface area contributed by atoms with Crippen molar-refractivity contribution in [1.29, 1.82) is 0 Å². The van der Waals surface area contributed by atoms with Gasteiger partial charge < -0.3 is 14.3 Å². The smallest absolute Gasteiger partial charge is 0.276 e. The molecule has 1 amide bonds. The number of nitrogens with zero attached hydrogens (tertiary/aromatic N) is 4. The minimum absolute atomic E-state index is 0.134. The first-order chi connectivity index (χ1) is 13.6. The van der Waals surface area contributed by atoms with Crippen LogP contribution in [-0.2, 0) is 13.5 Å². The molecule has 4 aromatic rings. The highest BCUT2D eigenvalue weighted by molar-refractivity contribution is 6.03. The molecule has 0 saturated carbocycles. The van der Waals surface area contributed by atoms with Crippen molar-refractivity contribution in [2.45, 2.75) is 6.42 Å². The lowest BCUT2D eigenvalue weighted by atomic mass is 10.1. The second-order valence-corrected chi connectivity index (χ2v) is 5.96. The zero-order chi connectivity index (χ0) is 19.5. The highest BCUT2D eigenvalue weighted by Crippen LogP contribution is 2.21. The van der Waals surface area contributed by atoms with Gasteiger partial charge in [0.2, 0.25) is 11.7 Å². The first-order valence-electron chi connectivity index (χ1n) is 8.40. The number of nitrogens with one attached hydrogen (secondary N) is 1. The van der Waals surface area contributed by atoms with Crippen LogP contribution in [0.25, 0.3) is 11.6 Å². The molecule has 0 bridgehead atoms. The summed E-state index contributed by atoms with van der Waals surface area (Å²) in [6.45, 7) is 0. The van der Waals surface area contributed by atoms with Crippen LogP contribution in [-0.4, -0.2) is 25.8 Å². The molecule has 4 rings (SSSR count). The Morgan fingerprint density at radius 2 is 2.00 bits per heavy atom. The minimum atomic E-state index is -0.426. The summed E-state index contributed by atoms with van der Waals surface area (Å²) < 4.78 is 11.6. The lowest BCUT2D eigenvalue weighted by Gasteiger charge is -2.09. The molecule has 3 heterocycles. The van der Waals surface area contributed by atoms with Gasteiger partial charge in [-0.3, -0.25) is 9.59 Å². The number of rotatable bonds is 5. The number of hydrogen-bond donors (Lipinski definition) is 1. The molecule has 28 heavy (non-hydrogen) atoms. The fourth-order valence-corrected chi connectivity index (χ4v) is 2.60. The number of carbonyl (C=O) groups excluding carboxylic acids is 1. The predicted octanol–water partition coefficient (Wildman–Crippen LogP) is 2.27. The van der Waals surface area contributed by atoms with Crippen molar-refractivity contribution in [3.05, 3.63) is 82.3 Å². The van der Waals surface area contributed by atoms with E-state index in [0.29, 0.717) is 29.6 Å². The van der Waals surface area contributed by atoms with Crippen LogP contribution in [0, 0.1) is 0 Å². The Bertz CT molecular complexity index is 1180. The SMILES string of the molecule is Cn1nc(C(=O)Nc2ccccc2Cc2nc(-c3ccco3)no2)ccc1=O. The first kappa shape index (κ1) is 17.4. The fraction of sp³-hybridized carbons (Fsp3) is 0.105. The molecule has 0 fully saturated rings. The van der Waals surface area contributed by atoms with Gasteiger partial charge >= 0.3 is 0 Å². The van der Waals surface area contributed by atoms with Crippen LogP contribution in [0.3, 0.4) is 0 Å². The largest absolute Gasteiger partial charge is 0.461 e. The van der Waals surface area contributed by atoms with Crippen LogP contribution in [0.4, 0.5) is 5.69 Å². The van der Waals surface area contributed by atoms with E-state index < -0.39 is 5.91 Å². The van der Waals surface area contributed by atoms with Gasteiger partial charge in [-0.2, -0.15) is 10.1 Å². The van der Waals surface area contributed by atoms with Crippen molar-refractivity contribution in [2.75, 3.05) is 5.32 Å². The van der Waals surface area contributed by atoms with E-state index in [-0.39, 0.29) is 11.3 Å². The van der Waals surface area contributed by atoms with Crippen molar-refractivity contribution in [3.8, 4) is 11.6 Å². The third-order valence-electron chi connectivity index (χ3n) is 4.01. The highest BCUT2D eigenvalue weighted by atomic mass is 16.5. The van der Waals surface area contributed by atoms with Crippen molar-refractivity contribution < 1.29 is 13.7 Å². The highest BCUT2D eigenvalue weighted by Gasteiger charge is 2.15. The Balaban J connectivity index is 1.54. The molecule has 0 aliphatic heterocycles. The number of amides is 1. The van der Waals surface area contributed by atoms with E-state index >= 15 is 0 Å². The van der Waals surface area contributed by atoms with Crippen molar-refractivity contribution in [1.82, 2.24) is 19.9 Å². The van der Waals surface area contributed by atoms with Gasteiger partial charge in [0.15, 0.2) is 5.76 Å². The number of aryl methyl sites for hydroxylation is 1. The number of furan rings is 1. The van der Waals surface area contributed by atoms with Gasteiger partial charge in [0.25, 0.3) is 11.5 Å². The summed E-state index contributed by atoms with van der Waals surface area (Å²) in [6, 6.07) is 13.4. The fourth-order valence-electron chi connectivity index (χ4n) is 2.60. The summed E-state index contributed by atoms with van der Waals surface area (Å²) in [4.78, 5) is 28.2. The summed E-state index contributed by atoms with van der Waals surface area (Å²) in [6.07, 6.45) is 1.86. The van der Waals surface area contributed by atoms with Crippen LogP contribution in [0.15, 0.2) is 68.5 Å². The van der Waals surface area contributed by atoms with Gasteiger partial charge in [0.1, 0.15) is 5.69 Å². The average molecular weight is 377 g/mol. The monoisotopic (exact) mass is 377 g/mol. The van der Waals surface area contributed by atoms with Crippen molar-refractivity contribution >= 4 is 11.6 Å². The average Bonchev–Trinajstić information content (AvgIpc) is 3.37. The van der Waals surface area contributed by atoms with E-state index in [0.717, 1.165) is 10.2 Å². The van der Waals surface area contributed by atoms with Crippen LogP contribution in [0.1, 0.15) is 21.9 Å². The number of carbonyl (C=O) groups is 1. The molecule has 0 saturated heterocycles. The topological polar surface area (TPSA) is 116 Å². The quantitative estimate of drug-likeness (QED) is 0.567. The number of benzene rings is 1. The molecule has 0 atom stereocenters. The molecule has 9 nitrogen and oxygen atoms in total. The summed E-state index contributed by atoms with van der Waals surface area (Å²) in [5.41, 5.74) is 1.21. The van der Waals surface area contributed by atoms with Crippen LogP contribution < -0.4 is 10.9 Å². The normalized spacial score (nSPS) is 10.8. The summed E-state index contributed by atoms with van der Waals surface area (Å²) in [7, 11) is 1.49. The van der Waals surface area contributed by atoms with Crippen LogP contribution in [0.2, 0.25) is 0 Å². The van der Waals surface area contributed by atoms with Gasteiger partial charge in [-0.1, -0.05) is 23.4 Å². The molecule has 140 valence electrons. The van der Waals surface area contributed by atoms with Crippen LogP contribution in [0.5, 0.6) is 0 Å². The number of hydrogen-bond acceptors (Lipinski definition) is 7. The third kappa shape index (κ3) is 3.58.